The Kier molecular flexibility index (Phi) is 5.01. The minimum atomic E-state index is -0.164. The van der Waals surface area contributed by atoms with Gasteiger partial charge in [-0.15, -0.1) is 0 Å². The lowest BCUT2D eigenvalue weighted by atomic mass is 9.58. The molecule has 0 amide bonds. The second-order valence-electron chi connectivity index (χ2n) is 13.8. The second-order valence-corrected chi connectivity index (χ2v) is 13.8. The minimum absolute atomic E-state index is 0.145. The van der Waals surface area contributed by atoms with E-state index in [0.29, 0.717) is 17.9 Å². The summed E-state index contributed by atoms with van der Waals surface area (Å²) in [6.45, 7) is 6.20. The fourth-order valence-electron chi connectivity index (χ4n) is 9.94. The lowest BCUT2D eigenvalue weighted by molar-refractivity contribution is -1.12. The lowest BCUT2D eigenvalue weighted by Gasteiger charge is -2.55. The first-order chi connectivity index (χ1) is 18.3. The van der Waals surface area contributed by atoms with E-state index in [-0.39, 0.29) is 21.3 Å². The number of piperazine rings is 1. The molecule has 2 saturated heterocycles. The highest BCUT2D eigenvalue weighted by Crippen LogP contribution is 2.69. The number of hydroxylamine groups is 3. The first-order valence-corrected chi connectivity index (χ1v) is 15.1. The van der Waals surface area contributed by atoms with Crippen LogP contribution in [0.5, 0.6) is 0 Å². The molecule has 8 rings (SSSR count). The molecule has 3 aliphatic carbocycles. The van der Waals surface area contributed by atoms with Crippen LogP contribution in [-0.2, 0) is 4.74 Å². The number of pyridine rings is 1. The topological polar surface area (TPSA) is 45.6 Å². The van der Waals surface area contributed by atoms with Crippen molar-refractivity contribution in [3.63, 3.8) is 0 Å². The highest BCUT2D eigenvalue weighted by Gasteiger charge is 2.67. The molecule has 6 aliphatic rings. The summed E-state index contributed by atoms with van der Waals surface area (Å²) in [4.78, 5) is 6.74. The zero-order chi connectivity index (χ0) is 25.8. The van der Waals surface area contributed by atoms with Gasteiger partial charge in [-0.05, 0) is 97.1 Å². The highest BCUT2D eigenvalue weighted by molar-refractivity contribution is 5.82. The van der Waals surface area contributed by atoms with Gasteiger partial charge < -0.3 is 4.74 Å². The molecule has 3 aliphatic heterocycles. The Bertz CT molecular complexity index is 1360. The van der Waals surface area contributed by atoms with Gasteiger partial charge in [0.15, 0.2) is 0 Å². The van der Waals surface area contributed by atoms with Crippen LogP contribution in [0.3, 0.4) is 0 Å². The summed E-state index contributed by atoms with van der Waals surface area (Å²) in [6.07, 6.45) is 18.0. The molecule has 1 aromatic carbocycles. The van der Waals surface area contributed by atoms with Crippen molar-refractivity contribution in [3.05, 3.63) is 65.5 Å². The predicted molar refractivity (Wildman–Crippen MR) is 149 cm³/mol. The van der Waals surface area contributed by atoms with E-state index in [1.165, 1.54) is 40.3 Å². The molecule has 5 heteroatoms. The van der Waals surface area contributed by atoms with E-state index < -0.39 is 0 Å². The molecule has 2 saturated carbocycles. The van der Waals surface area contributed by atoms with Gasteiger partial charge in [0.1, 0.15) is 19.1 Å². The van der Waals surface area contributed by atoms with Crippen LogP contribution in [0.15, 0.2) is 60.0 Å². The van der Waals surface area contributed by atoms with Crippen LogP contribution >= 0.6 is 0 Å². The third-order valence-corrected chi connectivity index (χ3v) is 12.1. The Hall–Kier alpha value is -2.05. The van der Waals surface area contributed by atoms with Crippen LogP contribution in [-0.4, -0.2) is 70.2 Å². The van der Waals surface area contributed by atoms with E-state index in [1.54, 1.807) is 0 Å². The molecule has 4 heterocycles. The average Bonchev–Trinajstić information content (AvgIpc) is 3.45. The Morgan fingerprint density at radius 3 is 2.82 bits per heavy atom. The molecule has 2 bridgehead atoms. The van der Waals surface area contributed by atoms with Gasteiger partial charge in [-0.3, -0.25) is 9.88 Å². The zero-order valence-electron chi connectivity index (χ0n) is 23.0. The molecule has 2 aromatic rings. The number of likely N-dealkylation sites (N-methyl/N-ethyl adjacent to an activating group) is 1. The maximum atomic E-state index is 11.7. The van der Waals surface area contributed by atoms with Crippen molar-refractivity contribution in [1.82, 2.24) is 9.88 Å². The summed E-state index contributed by atoms with van der Waals surface area (Å²) < 4.78 is 7.77. The average molecular weight is 513 g/mol. The maximum absolute atomic E-state index is 11.7. The smallest absolute Gasteiger partial charge is 0.122 e. The van der Waals surface area contributed by atoms with Gasteiger partial charge in [-0.1, -0.05) is 31.2 Å². The molecule has 2 spiro atoms. The van der Waals surface area contributed by atoms with E-state index >= 15 is 0 Å². The van der Waals surface area contributed by atoms with Gasteiger partial charge in [0.2, 0.25) is 0 Å². The SMILES string of the molecule is CN1CC[N+](O)([C@@H]2CCC3=CC4=CC[C@]5(C)[C@@H](c6ccc7ccncc7c6)CC[C@H]5[C@@]45CC[C@]3(C2)O5)CC1. The van der Waals surface area contributed by atoms with Crippen molar-refractivity contribution in [2.45, 2.75) is 81.5 Å². The molecular weight excluding hydrogens is 470 g/mol. The van der Waals surface area contributed by atoms with Gasteiger partial charge in [0, 0.05) is 30.6 Å². The predicted octanol–water partition coefficient (Wildman–Crippen LogP) is 6.00. The van der Waals surface area contributed by atoms with E-state index in [0.717, 1.165) is 64.7 Å². The van der Waals surface area contributed by atoms with Crippen LogP contribution < -0.4 is 0 Å². The third-order valence-electron chi connectivity index (χ3n) is 12.1. The molecule has 0 radical (unpaired) electrons. The molecule has 1 aromatic heterocycles. The number of quaternary nitrogens is 1. The number of nitrogens with zero attached hydrogens (tertiary/aromatic N) is 3. The molecule has 38 heavy (non-hydrogen) atoms. The number of benzene rings is 1. The molecule has 1 N–H and O–H groups in total. The van der Waals surface area contributed by atoms with Crippen molar-refractivity contribution in [1.29, 1.82) is 0 Å². The fourth-order valence-corrected chi connectivity index (χ4v) is 9.94. The first-order valence-electron chi connectivity index (χ1n) is 15.1. The van der Waals surface area contributed by atoms with Gasteiger partial charge in [-0.2, -0.15) is 4.65 Å². The standard InChI is InChI=1S/C33H42N3O2/c1-31-11-9-27-20-26-5-6-28(36(37)17-15-35(2)16-18-36)21-32(26)12-13-33(27,38-32)30(31)8-7-29(31)24-4-3-23-10-14-34-22-25(23)19-24/h3-4,9-10,14,19-20,22,28-30,37H,5-8,11-13,15-18,21H2,1-2H3/q+1/t28-,29-,30-,31-,32-,33-/m1/s1. The number of hydrogen-bond acceptors (Lipinski definition) is 4. The third kappa shape index (κ3) is 3.16. The van der Waals surface area contributed by atoms with E-state index in [2.05, 4.69) is 60.3 Å². The molecular formula is C33H42N3O2+. The van der Waals surface area contributed by atoms with Crippen molar-refractivity contribution >= 4 is 10.8 Å². The van der Waals surface area contributed by atoms with Crippen LogP contribution in [0.1, 0.15) is 69.8 Å². The van der Waals surface area contributed by atoms with Crippen LogP contribution in [0.4, 0.5) is 0 Å². The lowest BCUT2D eigenvalue weighted by Crippen LogP contribution is -2.64. The first kappa shape index (κ1) is 23.8. The fraction of sp³-hybridized carbons (Fsp3) is 0.606. The summed E-state index contributed by atoms with van der Waals surface area (Å²) >= 11 is 0. The Balaban J connectivity index is 1.12. The van der Waals surface area contributed by atoms with Crippen LogP contribution in [0, 0.1) is 11.3 Å². The number of aromatic nitrogens is 1. The molecule has 5 nitrogen and oxygen atoms in total. The summed E-state index contributed by atoms with van der Waals surface area (Å²) in [5, 5.41) is 14.2. The van der Waals surface area contributed by atoms with Gasteiger partial charge in [0.25, 0.3) is 0 Å². The quantitative estimate of drug-likeness (QED) is 0.502. The normalized spacial score (nSPS) is 41.7. The van der Waals surface area contributed by atoms with Gasteiger partial charge in [0.05, 0.1) is 24.3 Å². The summed E-state index contributed by atoms with van der Waals surface area (Å²) in [6, 6.07) is 9.47. The largest absolute Gasteiger partial charge is 0.359 e. The van der Waals surface area contributed by atoms with E-state index in [4.69, 9.17) is 4.74 Å². The molecule has 6 atom stereocenters. The highest BCUT2D eigenvalue weighted by atomic mass is 16.6. The van der Waals surface area contributed by atoms with Gasteiger partial charge in [-0.25, -0.2) is 5.21 Å². The Morgan fingerprint density at radius 2 is 1.95 bits per heavy atom. The zero-order valence-corrected chi connectivity index (χ0v) is 23.0. The number of hydrogen-bond donors (Lipinski definition) is 1. The van der Waals surface area contributed by atoms with Crippen LogP contribution in [0.25, 0.3) is 10.8 Å². The van der Waals surface area contributed by atoms with Gasteiger partial charge >= 0.3 is 0 Å². The summed E-state index contributed by atoms with van der Waals surface area (Å²) in [5.41, 5.74) is 4.37. The number of fused-ring (bicyclic) bond motifs is 2. The second kappa shape index (κ2) is 8.00. The molecule has 0 unspecified atom stereocenters. The van der Waals surface area contributed by atoms with Crippen molar-refractivity contribution in [3.8, 4) is 0 Å². The van der Waals surface area contributed by atoms with Crippen LogP contribution in [0.2, 0.25) is 0 Å². The van der Waals surface area contributed by atoms with Crippen molar-refractivity contribution in [2.24, 2.45) is 11.3 Å². The number of rotatable bonds is 2. The maximum Gasteiger partial charge on any atom is 0.122 e. The number of ether oxygens (including phenoxy) is 1. The Morgan fingerprint density at radius 1 is 1.08 bits per heavy atom. The molecule has 4 fully saturated rings. The van der Waals surface area contributed by atoms with E-state index in [9.17, 15) is 5.21 Å². The number of allylic oxidation sites excluding steroid dienone is 1. The van der Waals surface area contributed by atoms with Crippen molar-refractivity contribution in [2.75, 3.05) is 33.2 Å². The Labute approximate surface area is 226 Å². The van der Waals surface area contributed by atoms with E-state index in [1.807, 2.05) is 12.4 Å². The minimum Gasteiger partial charge on any atom is -0.359 e. The summed E-state index contributed by atoms with van der Waals surface area (Å²) in [5.74, 6) is 1.09. The molecule has 200 valence electrons. The summed E-state index contributed by atoms with van der Waals surface area (Å²) in [7, 11) is 2.17. The monoisotopic (exact) mass is 512 g/mol. The van der Waals surface area contributed by atoms with Crippen molar-refractivity contribution < 1.29 is 14.6 Å².